The number of carbonyl (C=O) groups is 1. The number of ether oxygens (including phenoxy) is 1. The number of hydrogen-bond donors (Lipinski definition) is 0. The lowest BCUT2D eigenvalue weighted by atomic mass is 10.1. The first-order valence-electron chi connectivity index (χ1n) is 7.23. The SMILES string of the molecule is CCOC(=O)c1cccnc1N1CCCC1c1ccco1. The molecule has 0 N–H and O–H groups in total. The van der Waals surface area contributed by atoms with Gasteiger partial charge in [0, 0.05) is 12.7 Å². The highest BCUT2D eigenvalue weighted by molar-refractivity contribution is 5.94. The van der Waals surface area contributed by atoms with Gasteiger partial charge in [-0.2, -0.15) is 0 Å². The molecule has 3 rings (SSSR count). The van der Waals surface area contributed by atoms with Crippen LogP contribution in [-0.4, -0.2) is 24.1 Å². The van der Waals surface area contributed by atoms with Crippen molar-refractivity contribution in [3.63, 3.8) is 0 Å². The first-order chi connectivity index (χ1) is 10.3. The minimum absolute atomic E-state index is 0.128. The summed E-state index contributed by atoms with van der Waals surface area (Å²) in [4.78, 5) is 18.6. The van der Waals surface area contributed by atoms with Gasteiger partial charge >= 0.3 is 5.97 Å². The van der Waals surface area contributed by atoms with Crippen molar-refractivity contribution in [2.75, 3.05) is 18.1 Å². The molecular weight excluding hydrogens is 268 g/mol. The minimum Gasteiger partial charge on any atom is -0.467 e. The van der Waals surface area contributed by atoms with Crippen molar-refractivity contribution in [1.82, 2.24) is 4.98 Å². The Morgan fingerprint density at radius 1 is 1.48 bits per heavy atom. The predicted molar refractivity (Wildman–Crippen MR) is 78.2 cm³/mol. The van der Waals surface area contributed by atoms with Crippen LogP contribution in [0.15, 0.2) is 41.1 Å². The number of esters is 1. The van der Waals surface area contributed by atoms with Gasteiger partial charge in [0.1, 0.15) is 17.1 Å². The molecule has 1 atom stereocenters. The van der Waals surface area contributed by atoms with E-state index in [4.69, 9.17) is 9.15 Å². The summed E-state index contributed by atoms with van der Waals surface area (Å²) in [5, 5.41) is 0. The average molecular weight is 286 g/mol. The molecule has 0 spiro atoms. The fourth-order valence-corrected chi connectivity index (χ4v) is 2.79. The van der Waals surface area contributed by atoms with Crippen LogP contribution in [0.3, 0.4) is 0 Å². The van der Waals surface area contributed by atoms with Crippen molar-refractivity contribution >= 4 is 11.8 Å². The molecule has 110 valence electrons. The smallest absolute Gasteiger partial charge is 0.341 e. The van der Waals surface area contributed by atoms with Crippen molar-refractivity contribution < 1.29 is 13.9 Å². The Morgan fingerprint density at radius 2 is 2.38 bits per heavy atom. The van der Waals surface area contributed by atoms with E-state index in [2.05, 4.69) is 9.88 Å². The van der Waals surface area contributed by atoms with Crippen LogP contribution in [0.1, 0.15) is 41.9 Å². The first-order valence-corrected chi connectivity index (χ1v) is 7.23. The molecule has 21 heavy (non-hydrogen) atoms. The molecule has 1 aliphatic heterocycles. The maximum atomic E-state index is 12.1. The third-order valence-corrected chi connectivity index (χ3v) is 3.68. The number of aromatic nitrogens is 1. The molecule has 0 aromatic carbocycles. The van der Waals surface area contributed by atoms with E-state index in [0.29, 0.717) is 18.0 Å². The molecule has 1 saturated heterocycles. The highest BCUT2D eigenvalue weighted by atomic mass is 16.5. The van der Waals surface area contributed by atoms with E-state index in [1.54, 1.807) is 31.5 Å². The van der Waals surface area contributed by atoms with Crippen LogP contribution in [-0.2, 0) is 4.74 Å². The van der Waals surface area contributed by atoms with Gasteiger partial charge in [-0.25, -0.2) is 9.78 Å². The van der Waals surface area contributed by atoms with E-state index in [0.717, 1.165) is 25.1 Å². The van der Waals surface area contributed by atoms with E-state index < -0.39 is 0 Å². The third-order valence-electron chi connectivity index (χ3n) is 3.68. The zero-order valence-electron chi connectivity index (χ0n) is 12.0. The van der Waals surface area contributed by atoms with Crippen LogP contribution in [0.4, 0.5) is 5.82 Å². The lowest BCUT2D eigenvalue weighted by molar-refractivity contribution is 0.0526. The number of hydrogen-bond acceptors (Lipinski definition) is 5. The topological polar surface area (TPSA) is 55.6 Å². The molecule has 5 nitrogen and oxygen atoms in total. The average Bonchev–Trinajstić information content (AvgIpc) is 3.18. The second-order valence-electron chi connectivity index (χ2n) is 4.96. The fourth-order valence-electron chi connectivity index (χ4n) is 2.79. The van der Waals surface area contributed by atoms with Gasteiger partial charge in [-0.15, -0.1) is 0 Å². The third kappa shape index (κ3) is 2.63. The molecule has 2 aromatic heterocycles. The summed E-state index contributed by atoms with van der Waals surface area (Å²) in [5.74, 6) is 1.26. The molecule has 0 radical (unpaired) electrons. The molecule has 0 saturated carbocycles. The van der Waals surface area contributed by atoms with Gasteiger partial charge < -0.3 is 14.1 Å². The second-order valence-corrected chi connectivity index (χ2v) is 4.96. The lowest BCUT2D eigenvalue weighted by Gasteiger charge is -2.25. The van der Waals surface area contributed by atoms with Crippen molar-refractivity contribution in [2.45, 2.75) is 25.8 Å². The monoisotopic (exact) mass is 286 g/mol. The molecule has 1 aliphatic rings. The first kappa shape index (κ1) is 13.7. The van der Waals surface area contributed by atoms with Gasteiger partial charge in [-0.3, -0.25) is 0 Å². The molecule has 2 aromatic rings. The van der Waals surface area contributed by atoms with Crippen molar-refractivity contribution in [2.24, 2.45) is 0 Å². The molecule has 5 heteroatoms. The lowest BCUT2D eigenvalue weighted by Crippen LogP contribution is -2.25. The van der Waals surface area contributed by atoms with Crippen LogP contribution in [0.5, 0.6) is 0 Å². The maximum absolute atomic E-state index is 12.1. The van der Waals surface area contributed by atoms with Crippen LogP contribution in [0.2, 0.25) is 0 Å². The summed E-state index contributed by atoms with van der Waals surface area (Å²) < 4.78 is 10.7. The predicted octanol–water partition coefficient (Wildman–Crippen LogP) is 3.19. The van der Waals surface area contributed by atoms with Gasteiger partial charge in [0.25, 0.3) is 0 Å². The largest absolute Gasteiger partial charge is 0.467 e. The van der Waals surface area contributed by atoms with E-state index >= 15 is 0 Å². The molecular formula is C16H18N2O3. The Labute approximate surface area is 123 Å². The maximum Gasteiger partial charge on any atom is 0.341 e. The van der Waals surface area contributed by atoms with Crippen molar-refractivity contribution in [1.29, 1.82) is 0 Å². The summed E-state index contributed by atoms with van der Waals surface area (Å²) in [6, 6.07) is 7.50. The molecule has 0 aliphatic carbocycles. The van der Waals surface area contributed by atoms with Gasteiger partial charge in [-0.1, -0.05) is 0 Å². The van der Waals surface area contributed by atoms with E-state index in [9.17, 15) is 4.79 Å². The van der Waals surface area contributed by atoms with Crippen LogP contribution < -0.4 is 4.90 Å². The van der Waals surface area contributed by atoms with E-state index in [1.165, 1.54) is 0 Å². The van der Waals surface area contributed by atoms with Gasteiger partial charge in [-0.05, 0) is 44.0 Å². The number of anilines is 1. The van der Waals surface area contributed by atoms with Gasteiger partial charge in [0.15, 0.2) is 0 Å². The van der Waals surface area contributed by atoms with Crippen LogP contribution in [0, 0.1) is 0 Å². The summed E-state index contributed by atoms with van der Waals surface area (Å²) in [6.45, 7) is 3.01. The zero-order valence-corrected chi connectivity index (χ0v) is 12.0. The Kier molecular flexibility index (Phi) is 3.90. The zero-order chi connectivity index (χ0) is 14.7. The number of rotatable bonds is 4. The summed E-state index contributed by atoms with van der Waals surface area (Å²) in [7, 11) is 0. The summed E-state index contributed by atoms with van der Waals surface area (Å²) in [5.41, 5.74) is 0.512. The summed E-state index contributed by atoms with van der Waals surface area (Å²) >= 11 is 0. The number of pyridine rings is 1. The Morgan fingerprint density at radius 3 is 3.14 bits per heavy atom. The van der Waals surface area contributed by atoms with Crippen LogP contribution in [0.25, 0.3) is 0 Å². The molecule has 1 unspecified atom stereocenters. The molecule has 3 heterocycles. The Bertz CT molecular complexity index is 610. The van der Waals surface area contributed by atoms with Gasteiger partial charge in [0.2, 0.25) is 0 Å². The van der Waals surface area contributed by atoms with Crippen molar-refractivity contribution in [3.8, 4) is 0 Å². The Hall–Kier alpha value is -2.30. The fraction of sp³-hybridized carbons (Fsp3) is 0.375. The molecule has 0 bridgehead atoms. The van der Waals surface area contributed by atoms with E-state index in [1.807, 2.05) is 12.1 Å². The van der Waals surface area contributed by atoms with E-state index in [-0.39, 0.29) is 12.0 Å². The summed E-state index contributed by atoms with van der Waals surface area (Å²) in [6.07, 6.45) is 5.42. The normalized spacial score (nSPS) is 18.0. The minimum atomic E-state index is -0.328. The second kappa shape index (κ2) is 5.99. The highest BCUT2D eigenvalue weighted by Crippen LogP contribution is 2.36. The Balaban J connectivity index is 1.94. The molecule has 1 fully saturated rings. The highest BCUT2D eigenvalue weighted by Gasteiger charge is 2.31. The van der Waals surface area contributed by atoms with Crippen molar-refractivity contribution in [3.05, 3.63) is 48.0 Å². The number of nitrogens with zero attached hydrogens (tertiary/aromatic N) is 2. The number of carbonyl (C=O) groups excluding carboxylic acids is 1. The number of furan rings is 1. The quantitative estimate of drug-likeness (QED) is 0.808. The van der Waals surface area contributed by atoms with Gasteiger partial charge in [0.05, 0.1) is 18.9 Å². The molecule has 0 amide bonds. The standard InChI is InChI=1S/C16H18N2O3/c1-2-20-16(19)12-6-3-9-17-15(12)18-10-4-7-13(18)14-8-5-11-21-14/h3,5-6,8-9,11,13H,2,4,7,10H2,1H3. The van der Waals surface area contributed by atoms with Crippen LogP contribution >= 0.6 is 0 Å².